The Labute approximate surface area is 134 Å². The number of hydrogen-bond acceptors (Lipinski definition) is 3. The maximum atomic E-state index is 12.2. The monoisotopic (exact) mass is 326 g/mol. The lowest BCUT2D eigenvalue weighted by molar-refractivity contribution is -0.138. The van der Waals surface area contributed by atoms with Crippen LogP contribution in [0, 0.1) is 0 Å². The van der Waals surface area contributed by atoms with Gasteiger partial charge in [0.25, 0.3) is 5.91 Å². The molecule has 0 heterocycles. The molecular weight excluding hydrogens is 308 g/mol. The van der Waals surface area contributed by atoms with Gasteiger partial charge in [-0.25, -0.2) is 0 Å². The molecule has 0 saturated heterocycles. The normalized spacial score (nSPS) is 10.1. The summed E-state index contributed by atoms with van der Waals surface area (Å²) in [6, 6.07) is 4.61. The third-order valence-electron chi connectivity index (χ3n) is 3.10. The number of carboxylic acids is 1. The summed E-state index contributed by atoms with van der Waals surface area (Å²) in [5, 5.41) is 11.3. The Morgan fingerprint density at radius 2 is 1.82 bits per heavy atom. The molecule has 0 aromatic heterocycles. The van der Waals surface area contributed by atoms with Crippen molar-refractivity contribution >= 4 is 35.1 Å². The van der Waals surface area contributed by atoms with Crippen LogP contribution in [0.25, 0.3) is 0 Å². The molecule has 0 saturated carbocycles. The Balaban J connectivity index is 2.79. The quantitative estimate of drug-likeness (QED) is 0.806. The van der Waals surface area contributed by atoms with E-state index in [-0.39, 0.29) is 23.8 Å². The van der Waals surface area contributed by atoms with E-state index in [0.29, 0.717) is 24.3 Å². The average Bonchev–Trinajstić information content (AvgIpc) is 2.46. The predicted molar refractivity (Wildman–Crippen MR) is 84.2 cm³/mol. The molecule has 0 unspecified atom stereocenters. The van der Waals surface area contributed by atoms with Gasteiger partial charge in [-0.15, -0.1) is 0 Å². The van der Waals surface area contributed by atoms with Crippen LogP contribution in [0.15, 0.2) is 18.2 Å². The Morgan fingerprint density at radius 1 is 1.18 bits per heavy atom. The average molecular weight is 327 g/mol. The molecule has 120 valence electrons. The van der Waals surface area contributed by atoms with Gasteiger partial charge in [-0.3, -0.25) is 14.4 Å². The van der Waals surface area contributed by atoms with Crippen LogP contribution >= 0.6 is 11.6 Å². The van der Waals surface area contributed by atoms with E-state index in [4.69, 9.17) is 16.7 Å². The van der Waals surface area contributed by atoms with Crippen molar-refractivity contribution in [3.63, 3.8) is 0 Å². The molecule has 0 spiro atoms. The number of carbonyl (C=O) groups is 3. The fourth-order valence-corrected chi connectivity index (χ4v) is 2.15. The number of aliphatic carboxylic acids is 1. The van der Waals surface area contributed by atoms with Gasteiger partial charge < -0.3 is 15.3 Å². The second-order valence-corrected chi connectivity index (χ2v) is 5.02. The van der Waals surface area contributed by atoms with E-state index in [0.717, 1.165) is 0 Å². The first-order chi connectivity index (χ1) is 10.4. The molecule has 2 amide bonds. The molecule has 2 N–H and O–H groups in total. The molecule has 0 atom stereocenters. The van der Waals surface area contributed by atoms with E-state index in [1.165, 1.54) is 6.07 Å². The first-order valence-electron chi connectivity index (χ1n) is 6.99. The van der Waals surface area contributed by atoms with Gasteiger partial charge in [-0.1, -0.05) is 11.6 Å². The highest BCUT2D eigenvalue weighted by Gasteiger charge is 2.16. The van der Waals surface area contributed by atoms with Crippen LogP contribution in [0.5, 0.6) is 0 Å². The number of anilines is 1. The van der Waals surface area contributed by atoms with Crippen LogP contribution in [-0.2, 0) is 9.59 Å². The SMILES string of the molecule is CCN(CC)C(=O)c1ccc(NC(=O)CCC(=O)O)cc1Cl. The van der Waals surface area contributed by atoms with Gasteiger partial charge in [0.05, 0.1) is 17.0 Å². The maximum Gasteiger partial charge on any atom is 0.303 e. The van der Waals surface area contributed by atoms with Crippen molar-refractivity contribution < 1.29 is 19.5 Å². The van der Waals surface area contributed by atoms with E-state index in [9.17, 15) is 14.4 Å². The molecule has 1 aromatic carbocycles. The smallest absolute Gasteiger partial charge is 0.303 e. The number of nitrogens with one attached hydrogen (secondary N) is 1. The fraction of sp³-hybridized carbons (Fsp3) is 0.400. The zero-order chi connectivity index (χ0) is 16.7. The predicted octanol–water partition coefficient (Wildman–Crippen LogP) is 2.63. The van der Waals surface area contributed by atoms with Crippen LogP contribution in [0.2, 0.25) is 5.02 Å². The first kappa shape index (κ1) is 18.0. The summed E-state index contributed by atoms with van der Waals surface area (Å²) in [5.74, 6) is -1.62. The lowest BCUT2D eigenvalue weighted by atomic mass is 10.1. The van der Waals surface area contributed by atoms with E-state index < -0.39 is 11.9 Å². The molecule has 0 bridgehead atoms. The van der Waals surface area contributed by atoms with Gasteiger partial charge in [0.15, 0.2) is 0 Å². The van der Waals surface area contributed by atoms with E-state index in [1.54, 1.807) is 17.0 Å². The molecule has 6 nitrogen and oxygen atoms in total. The third kappa shape index (κ3) is 5.04. The molecule has 7 heteroatoms. The lowest BCUT2D eigenvalue weighted by Crippen LogP contribution is -2.30. The molecule has 0 aliphatic carbocycles. The minimum Gasteiger partial charge on any atom is -0.481 e. The summed E-state index contributed by atoms with van der Waals surface area (Å²) < 4.78 is 0. The van der Waals surface area contributed by atoms with Gasteiger partial charge in [0.1, 0.15) is 0 Å². The van der Waals surface area contributed by atoms with Crippen molar-refractivity contribution in [2.45, 2.75) is 26.7 Å². The summed E-state index contributed by atoms with van der Waals surface area (Å²) in [5.41, 5.74) is 0.797. The largest absolute Gasteiger partial charge is 0.481 e. The number of rotatable bonds is 7. The lowest BCUT2D eigenvalue weighted by Gasteiger charge is -2.19. The highest BCUT2D eigenvalue weighted by Crippen LogP contribution is 2.22. The van der Waals surface area contributed by atoms with Crippen molar-refractivity contribution in [2.75, 3.05) is 18.4 Å². The minimum absolute atomic E-state index is 0.118. The molecular formula is C15H19ClN2O4. The molecule has 0 aliphatic heterocycles. The van der Waals surface area contributed by atoms with Gasteiger partial charge in [0, 0.05) is 25.2 Å². The Bertz CT molecular complexity index is 571. The topological polar surface area (TPSA) is 86.7 Å². The zero-order valence-electron chi connectivity index (χ0n) is 12.6. The van der Waals surface area contributed by atoms with E-state index >= 15 is 0 Å². The van der Waals surface area contributed by atoms with Crippen LogP contribution in [0.1, 0.15) is 37.0 Å². The third-order valence-corrected chi connectivity index (χ3v) is 3.41. The van der Waals surface area contributed by atoms with Crippen LogP contribution < -0.4 is 5.32 Å². The Kier molecular flexibility index (Phi) is 6.85. The minimum atomic E-state index is -1.03. The number of carboxylic acid groups (broad SMARTS) is 1. The fourth-order valence-electron chi connectivity index (χ4n) is 1.89. The van der Waals surface area contributed by atoms with Crippen molar-refractivity contribution in [2.24, 2.45) is 0 Å². The zero-order valence-corrected chi connectivity index (χ0v) is 13.3. The number of nitrogens with zero attached hydrogens (tertiary/aromatic N) is 1. The van der Waals surface area contributed by atoms with Crippen molar-refractivity contribution in [3.05, 3.63) is 28.8 Å². The summed E-state index contributed by atoms with van der Waals surface area (Å²) in [4.78, 5) is 35.8. The Hall–Kier alpha value is -2.08. The van der Waals surface area contributed by atoms with E-state index in [2.05, 4.69) is 5.32 Å². The number of benzene rings is 1. The van der Waals surface area contributed by atoms with Gasteiger partial charge in [-0.05, 0) is 32.0 Å². The number of halogens is 1. The summed E-state index contributed by atoms with van der Waals surface area (Å²) in [6.45, 7) is 4.93. The van der Waals surface area contributed by atoms with Crippen molar-refractivity contribution in [1.82, 2.24) is 4.90 Å². The molecule has 1 rings (SSSR count). The molecule has 1 aromatic rings. The molecule has 0 fully saturated rings. The van der Waals surface area contributed by atoms with Gasteiger partial charge in [-0.2, -0.15) is 0 Å². The van der Waals surface area contributed by atoms with Crippen molar-refractivity contribution in [3.8, 4) is 0 Å². The van der Waals surface area contributed by atoms with Crippen LogP contribution in [0.3, 0.4) is 0 Å². The summed E-state index contributed by atoms with van der Waals surface area (Å²) in [7, 11) is 0. The summed E-state index contributed by atoms with van der Waals surface area (Å²) in [6.07, 6.45) is -0.356. The second-order valence-electron chi connectivity index (χ2n) is 4.61. The highest BCUT2D eigenvalue weighted by atomic mass is 35.5. The van der Waals surface area contributed by atoms with Crippen LogP contribution in [-0.4, -0.2) is 40.9 Å². The van der Waals surface area contributed by atoms with Gasteiger partial charge in [0.2, 0.25) is 5.91 Å². The second kappa shape index (κ2) is 8.38. The van der Waals surface area contributed by atoms with E-state index in [1.807, 2.05) is 13.8 Å². The maximum absolute atomic E-state index is 12.2. The molecule has 22 heavy (non-hydrogen) atoms. The van der Waals surface area contributed by atoms with Crippen LogP contribution in [0.4, 0.5) is 5.69 Å². The number of carbonyl (C=O) groups excluding carboxylic acids is 2. The Morgan fingerprint density at radius 3 is 2.32 bits per heavy atom. The molecule has 0 aliphatic rings. The highest BCUT2D eigenvalue weighted by molar-refractivity contribution is 6.34. The first-order valence-corrected chi connectivity index (χ1v) is 7.37. The number of amides is 2. The summed E-state index contributed by atoms with van der Waals surface area (Å²) >= 11 is 6.10. The van der Waals surface area contributed by atoms with Crippen molar-refractivity contribution in [1.29, 1.82) is 0 Å². The standard InChI is InChI=1S/C15H19ClN2O4/c1-3-18(4-2)15(22)11-6-5-10(9-12(11)16)17-13(19)7-8-14(20)21/h5-6,9H,3-4,7-8H2,1-2H3,(H,17,19)(H,20,21). The van der Waals surface area contributed by atoms with Gasteiger partial charge >= 0.3 is 5.97 Å². The molecule has 0 radical (unpaired) electrons. The number of hydrogen-bond donors (Lipinski definition) is 2.